The molecule has 2 aliphatic carbocycles. The predicted octanol–water partition coefficient (Wildman–Crippen LogP) is 1.82. The van der Waals surface area contributed by atoms with E-state index in [1.807, 2.05) is 4.90 Å². The van der Waals surface area contributed by atoms with E-state index in [1.54, 1.807) is 6.92 Å². The van der Waals surface area contributed by atoms with Gasteiger partial charge in [-0.1, -0.05) is 5.16 Å². The highest BCUT2D eigenvalue weighted by Gasteiger charge is 2.33. The second-order valence-electron chi connectivity index (χ2n) is 7.43. The molecule has 1 saturated heterocycles. The van der Waals surface area contributed by atoms with Crippen LogP contribution in [0.15, 0.2) is 4.52 Å². The highest BCUT2D eigenvalue weighted by atomic mass is 16.5. The monoisotopic (exact) mass is 318 g/mol. The summed E-state index contributed by atoms with van der Waals surface area (Å²) >= 11 is 0. The molecule has 6 heteroatoms. The molecule has 4 rings (SSSR count). The second-order valence-corrected chi connectivity index (χ2v) is 7.43. The number of carbonyl (C=O) groups excluding carboxylic acids is 1. The van der Waals surface area contributed by atoms with Gasteiger partial charge in [-0.05, 0) is 38.0 Å². The SMILES string of the molecule is CC(=O)N(CCc1noc(C2CC2)n1)C1CCN(CC2CC2)C1. The molecular weight excluding hydrogens is 292 g/mol. The van der Waals surface area contributed by atoms with Crippen LogP contribution in [0.3, 0.4) is 0 Å². The lowest BCUT2D eigenvalue weighted by Gasteiger charge is -2.27. The molecule has 0 aromatic carbocycles. The summed E-state index contributed by atoms with van der Waals surface area (Å²) in [6, 6.07) is 0.348. The van der Waals surface area contributed by atoms with Crippen molar-refractivity contribution >= 4 is 5.91 Å². The summed E-state index contributed by atoms with van der Waals surface area (Å²) in [6.07, 6.45) is 6.89. The Morgan fingerprint density at radius 3 is 2.83 bits per heavy atom. The lowest BCUT2D eigenvalue weighted by Crippen LogP contribution is -2.42. The molecule has 0 N–H and O–H groups in total. The minimum absolute atomic E-state index is 0.161. The summed E-state index contributed by atoms with van der Waals surface area (Å²) < 4.78 is 5.30. The Balaban J connectivity index is 1.31. The standard InChI is InChI=1S/C17H26N4O2/c1-12(22)21(15-6-8-20(11-15)10-13-2-3-13)9-7-16-18-17(23-19-16)14-4-5-14/h13-15H,2-11H2,1H3. The molecule has 0 radical (unpaired) electrons. The molecule has 3 fully saturated rings. The van der Waals surface area contributed by atoms with E-state index >= 15 is 0 Å². The zero-order valence-corrected chi connectivity index (χ0v) is 13.9. The van der Waals surface area contributed by atoms with Gasteiger partial charge in [-0.15, -0.1) is 0 Å². The van der Waals surface area contributed by atoms with Gasteiger partial charge in [0.25, 0.3) is 0 Å². The molecule has 0 spiro atoms. The van der Waals surface area contributed by atoms with Crippen LogP contribution in [0.25, 0.3) is 0 Å². The highest BCUT2D eigenvalue weighted by molar-refractivity contribution is 5.73. The third-order valence-corrected chi connectivity index (χ3v) is 5.29. The molecule has 3 aliphatic rings. The largest absolute Gasteiger partial charge is 0.339 e. The number of rotatable bonds is 7. The molecule has 126 valence electrons. The van der Waals surface area contributed by atoms with E-state index in [0.717, 1.165) is 37.1 Å². The van der Waals surface area contributed by atoms with Crippen LogP contribution in [0.4, 0.5) is 0 Å². The molecular formula is C17H26N4O2. The fraction of sp³-hybridized carbons (Fsp3) is 0.824. The first-order valence-electron chi connectivity index (χ1n) is 9.01. The van der Waals surface area contributed by atoms with Crippen LogP contribution in [0, 0.1) is 5.92 Å². The number of carbonyl (C=O) groups is 1. The van der Waals surface area contributed by atoms with Crippen LogP contribution in [0.2, 0.25) is 0 Å². The van der Waals surface area contributed by atoms with Gasteiger partial charge in [-0.3, -0.25) is 4.79 Å². The maximum absolute atomic E-state index is 12.1. The van der Waals surface area contributed by atoms with E-state index in [9.17, 15) is 4.79 Å². The minimum atomic E-state index is 0.161. The van der Waals surface area contributed by atoms with Crippen molar-refractivity contribution in [3.8, 4) is 0 Å². The molecule has 1 amide bonds. The summed E-state index contributed by atoms with van der Waals surface area (Å²) in [6.45, 7) is 5.74. The van der Waals surface area contributed by atoms with Crippen LogP contribution in [0.5, 0.6) is 0 Å². The zero-order chi connectivity index (χ0) is 15.8. The van der Waals surface area contributed by atoms with Crippen molar-refractivity contribution in [1.82, 2.24) is 19.9 Å². The first-order chi connectivity index (χ1) is 11.2. The first kappa shape index (κ1) is 15.1. The topological polar surface area (TPSA) is 62.5 Å². The van der Waals surface area contributed by atoms with Gasteiger partial charge in [-0.2, -0.15) is 4.98 Å². The molecule has 2 saturated carbocycles. The van der Waals surface area contributed by atoms with Crippen molar-refractivity contribution in [3.05, 3.63) is 11.7 Å². The maximum Gasteiger partial charge on any atom is 0.229 e. The van der Waals surface area contributed by atoms with Crippen molar-refractivity contribution in [2.75, 3.05) is 26.2 Å². The first-order valence-corrected chi connectivity index (χ1v) is 9.01. The van der Waals surface area contributed by atoms with Gasteiger partial charge in [0.15, 0.2) is 5.82 Å². The highest BCUT2D eigenvalue weighted by Crippen LogP contribution is 2.38. The molecule has 1 aromatic heterocycles. The van der Waals surface area contributed by atoms with E-state index in [0.29, 0.717) is 24.9 Å². The Morgan fingerprint density at radius 1 is 1.30 bits per heavy atom. The van der Waals surface area contributed by atoms with Crippen LogP contribution in [0.1, 0.15) is 56.7 Å². The van der Waals surface area contributed by atoms with E-state index in [2.05, 4.69) is 15.0 Å². The predicted molar refractivity (Wildman–Crippen MR) is 84.9 cm³/mol. The Morgan fingerprint density at radius 2 is 2.13 bits per heavy atom. The molecule has 1 aromatic rings. The van der Waals surface area contributed by atoms with Gasteiger partial charge in [-0.25, -0.2) is 0 Å². The summed E-state index contributed by atoms with van der Waals surface area (Å²) in [5, 5.41) is 4.06. The van der Waals surface area contributed by atoms with E-state index in [4.69, 9.17) is 4.52 Å². The quantitative estimate of drug-likeness (QED) is 0.767. The molecule has 1 aliphatic heterocycles. The lowest BCUT2D eigenvalue weighted by atomic mass is 10.2. The average molecular weight is 318 g/mol. The summed E-state index contributed by atoms with van der Waals surface area (Å²) in [4.78, 5) is 21.1. The fourth-order valence-corrected chi connectivity index (χ4v) is 3.58. The molecule has 2 heterocycles. The van der Waals surface area contributed by atoms with Crippen molar-refractivity contribution in [3.63, 3.8) is 0 Å². The van der Waals surface area contributed by atoms with Gasteiger partial charge >= 0.3 is 0 Å². The van der Waals surface area contributed by atoms with Crippen molar-refractivity contribution < 1.29 is 9.32 Å². The Bertz CT molecular complexity index is 565. The van der Waals surface area contributed by atoms with Crippen LogP contribution < -0.4 is 0 Å². The fourth-order valence-electron chi connectivity index (χ4n) is 3.58. The Hall–Kier alpha value is -1.43. The number of amides is 1. The average Bonchev–Trinajstić information content (AvgIpc) is 3.43. The molecule has 23 heavy (non-hydrogen) atoms. The zero-order valence-electron chi connectivity index (χ0n) is 13.9. The number of hydrogen-bond acceptors (Lipinski definition) is 5. The van der Waals surface area contributed by atoms with Crippen molar-refractivity contribution in [1.29, 1.82) is 0 Å². The normalized spacial score (nSPS) is 25.0. The number of nitrogens with zero attached hydrogens (tertiary/aromatic N) is 4. The Labute approximate surface area is 137 Å². The van der Waals surface area contributed by atoms with Gasteiger partial charge in [0.05, 0.1) is 0 Å². The summed E-state index contributed by atoms with van der Waals surface area (Å²) in [5.41, 5.74) is 0. The molecule has 1 atom stereocenters. The van der Waals surface area contributed by atoms with E-state index in [1.165, 1.54) is 32.2 Å². The van der Waals surface area contributed by atoms with Crippen molar-refractivity contribution in [2.24, 2.45) is 5.92 Å². The van der Waals surface area contributed by atoms with Gasteiger partial charge in [0, 0.05) is 51.5 Å². The van der Waals surface area contributed by atoms with Crippen LogP contribution in [-0.4, -0.2) is 58.1 Å². The molecule has 1 unspecified atom stereocenters. The van der Waals surface area contributed by atoms with Gasteiger partial charge < -0.3 is 14.3 Å². The minimum Gasteiger partial charge on any atom is -0.339 e. The number of aromatic nitrogens is 2. The third kappa shape index (κ3) is 3.74. The van der Waals surface area contributed by atoms with Gasteiger partial charge in [0.1, 0.15) is 0 Å². The van der Waals surface area contributed by atoms with Crippen LogP contribution >= 0.6 is 0 Å². The van der Waals surface area contributed by atoms with E-state index in [-0.39, 0.29) is 5.91 Å². The van der Waals surface area contributed by atoms with Gasteiger partial charge in [0.2, 0.25) is 11.8 Å². The smallest absolute Gasteiger partial charge is 0.229 e. The second kappa shape index (κ2) is 6.23. The lowest BCUT2D eigenvalue weighted by molar-refractivity contribution is -0.130. The Kier molecular flexibility index (Phi) is 4.09. The summed E-state index contributed by atoms with van der Waals surface area (Å²) in [5.74, 6) is 3.09. The molecule has 0 bridgehead atoms. The number of hydrogen-bond donors (Lipinski definition) is 0. The van der Waals surface area contributed by atoms with Crippen LogP contribution in [-0.2, 0) is 11.2 Å². The summed E-state index contributed by atoms with van der Waals surface area (Å²) in [7, 11) is 0. The number of likely N-dealkylation sites (tertiary alicyclic amines) is 1. The van der Waals surface area contributed by atoms with Crippen molar-refractivity contribution in [2.45, 2.75) is 57.4 Å². The third-order valence-electron chi connectivity index (χ3n) is 5.29. The molecule has 6 nitrogen and oxygen atoms in total. The van der Waals surface area contributed by atoms with E-state index < -0.39 is 0 Å². The maximum atomic E-state index is 12.1.